The molecule has 1 aromatic heterocycles. The van der Waals surface area contributed by atoms with Crippen molar-refractivity contribution in [3.05, 3.63) is 15.1 Å². The van der Waals surface area contributed by atoms with Crippen molar-refractivity contribution in [3.63, 3.8) is 0 Å². The second-order valence-corrected chi connectivity index (χ2v) is 5.92. The number of nitrogens with zero attached hydrogens (tertiary/aromatic N) is 2. The minimum absolute atomic E-state index is 0.431. The van der Waals surface area contributed by atoms with Gasteiger partial charge < -0.3 is 5.73 Å². The van der Waals surface area contributed by atoms with E-state index in [0.29, 0.717) is 17.7 Å². The molecule has 0 bridgehead atoms. The number of halogens is 1. The molecule has 0 aliphatic rings. The Balaban J connectivity index is 3.13. The van der Waals surface area contributed by atoms with Crippen LogP contribution in [0.25, 0.3) is 0 Å². The zero-order chi connectivity index (χ0) is 13.0. The van der Waals surface area contributed by atoms with Gasteiger partial charge in [-0.15, -0.1) is 0 Å². The molecule has 96 valence electrons. The van der Waals surface area contributed by atoms with Crippen LogP contribution in [0.15, 0.2) is 0 Å². The van der Waals surface area contributed by atoms with E-state index in [9.17, 15) is 0 Å². The van der Waals surface area contributed by atoms with E-state index >= 15 is 0 Å². The fourth-order valence-corrected chi connectivity index (χ4v) is 2.35. The Kier molecular flexibility index (Phi) is 5.62. The predicted octanol–water partition coefficient (Wildman–Crippen LogP) is 3.77. The molecule has 0 unspecified atom stereocenters. The molecule has 2 N–H and O–H groups in total. The predicted molar refractivity (Wildman–Crippen MR) is 81.0 cm³/mol. The summed E-state index contributed by atoms with van der Waals surface area (Å²) in [6, 6.07) is 0. The van der Waals surface area contributed by atoms with Crippen molar-refractivity contribution < 1.29 is 0 Å². The van der Waals surface area contributed by atoms with Crippen LogP contribution < -0.4 is 5.73 Å². The molecule has 1 heterocycles. The molecule has 4 heteroatoms. The molecule has 0 fully saturated rings. The third-order valence-electron chi connectivity index (χ3n) is 2.92. The lowest BCUT2D eigenvalue weighted by Gasteiger charge is -2.15. The van der Waals surface area contributed by atoms with Gasteiger partial charge in [-0.05, 0) is 47.8 Å². The van der Waals surface area contributed by atoms with E-state index in [1.54, 1.807) is 0 Å². The van der Waals surface area contributed by atoms with Gasteiger partial charge in [0.05, 0.1) is 9.26 Å². The van der Waals surface area contributed by atoms with Gasteiger partial charge in [0.2, 0.25) is 0 Å². The Morgan fingerprint density at radius 1 is 1.18 bits per heavy atom. The van der Waals surface area contributed by atoms with Crippen LogP contribution in [0.4, 0.5) is 5.82 Å². The van der Waals surface area contributed by atoms with Crippen LogP contribution in [-0.4, -0.2) is 9.97 Å². The number of anilines is 1. The van der Waals surface area contributed by atoms with E-state index in [1.807, 2.05) is 0 Å². The van der Waals surface area contributed by atoms with Gasteiger partial charge in [-0.25, -0.2) is 9.97 Å². The number of nitrogen functional groups attached to an aromatic ring is 1. The summed E-state index contributed by atoms with van der Waals surface area (Å²) in [7, 11) is 0. The minimum Gasteiger partial charge on any atom is -0.383 e. The first-order valence-corrected chi connectivity index (χ1v) is 7.39. The number of hydrogen-bond acceptors (Lipinski definition) is 3. The second kappa shape index (κ2) is 6.52. The average molecular weight is 347 g/mol. The SMILES string of the molecule is CCC(CC)c1nc(N)c(I)c(CC(C)C)n1. The monoisotopic (exact) mass is 347 g/mol. The molecule has 17 heavy (non-hydrogen) atoms. The smallest absolute Gasteiger partial charge is 0.140 e. The highest BCUT2D eigenvalue weighted by Crippen LogP contribution is 2.25. The first kappa shape index (κ1) is 14.7. The number of nitrogens with two attached hydrogens (primary N) is 1. The zero-order valence-electron chi connectivity index (χ0n) is 11.1. The fraction of sp³-hybridized carbons (Fsp3) is 0.692. The molecule has 0 saturated carbocycles. The van der Waals surface area contributed by atoms with E-state index in [-0.39, 0.29) is 0 Å². The quantitative estimate of drug-likeness (QED) is 0.825. The highest BCUT2D eigenvalue weighted by Gasteiger charge is 2.16. The van der Waals surface area contributed by atoms with Crippen molar-refractivity contribution in [2.75, 3.05) is 5.73 Å². The number of rotatable bonds is 5. The Hall–Kier alpha value is -0.390. The van der Waals surface area contributed by atoms with Crippen LogP contribution in [0.5, 0.6) is 0 Å². The maximum absolute atomic E-state index is 5.99. The van der Waals surface area contributed by atoms with Crippen molar-refractivity contribution >= 4 is 28.4 Å². The standard InChI is InChI=1S/C13H22IN3/c1-5-9(6-2)13-16-10(7-8(3)4)11(14)12(15)17-13/h8-9H,5-7H2,1-4H3,(H2,15,16,17). The van der Waals surface area contributed by atoms with Crippen molar-refractivity contribution in [1.29, 1.82) is 0 Å². The lowest BCUT2D eigenvalue weighted by molar-refractivity contribution is 0.583. The summed E-state index contributed by atoms with van der Waals surface area (Å²) in [5.74, 6) is 2.58. The first-order valence-electron chi connectivity index (χ1n) is 6.31. The van der Waals surface area contributed by atoms with Gasteiger partial charge >= 0.3 is 0 Å². The summed E-state index contributed by atoms with van der Waals surface area (Å²) in [5.41, 5.74) is 7.09. The molecule has 0 amide bonds. The minimum atomic E-state index is 0.431. The maximum Gasteiger partial charge on any atom is 0.140 e. The van der Waals surface area contributed by atoms with Crippen molar-refractivity contribution in [2.45, 2.75) is 52.9 Å². The lowest BCUT2D eigenvalue weighted by atomic mass is 10.0. The summed E-state index contributed by atoms with van der Waals surface area (Å²) >= 11 is 2.25. The van der Waals surface area contributed by atoms with E-state index in [0.717, 1.165) is 34.4 Å². The fourth-order valence-electron chi connectivity index (χ4n) is 1.89. The van der Waals surface area contributed by atoms with Gasteiger partial charge in [0.25, 0.3) is 0 Å². The van der Waals surface area contributed by atoms with Gasteiger partial charge in [0.15, 0.2) is 0 Å². The molecule has 0 aliphatic carbocycles. The average Bonchev–Trinajstić information content (AvgIpc) is 2.26. The summed E-state index contributed by atoms with van der Waals surface area (Å²) in [6.45, 7) is 8.75. The number of hydrogen-bond donors (Lipinski definition) is 1. The van der Waals surface area contributed by atoms with Gasteiger partial charge in [-0.1, -0.05) is 27.7 Å². The maximum atomic E-state index is 5.99. The molecular weight excluding hydrogens is 325 g/mol. The molecule has 0 aromatic carbocycles. The molecule has 0 atom stereocenters. The molecule has 0 spiro atoms. The van der Waals surface area contributed by atoms with Gasteiger partial charge in [-0.2, -0.15) is 0 Å². The molecule has 0 saturated heterocycles. The molecule has 0 radical (unpaired) electrons. The van der Waals surface area contributed by atoms with Crippen molar-refractivity contribution in [1.82, 2.24) is 9.97 Å². The van der Waals surface area contributed by atoms with Crippen molar-refractivity contribution in [3.8, 4) is 0 Å². The highest BCUT2D eigenvalue weighted by atomic mass is 127. The summed E-state index contributed by atoms with van der Waals surface area (Å²) in [6.07, 6.45) is 3.10. The van der Waals surface area contributed by atoms with Crippen LogP contribution in [0, 0.1) is 9.49 Å². The van der Waals surface area contributed by atoms with Crippen LogP contribution in [0.1, 0.15) is 58.0 Å². The lowest BCUT2D eigenvalue weighted by Crippen LogP contribution is -2.12. The van der Waals surface area contributed by atoms with Gasteiger partial charge in [0, 0.05) is 5.92 Å². The summed E-state index contributed by atoms with van der Waals surface area (Å²) in [4.78, 5) is 9.16. The van der Waals surface area contributed by atoms with Crippen LogP contribution in [0.2, 0.25) is 0 Å². The van der Waals surface area contributed by atoms with Crippen LogP contribution in [-0.2, 0) is 6.42 Å². The third-order valence-corrected chi connectivity index (χ3v) is 4.09. The highest BCUT2D eigenvalue weighted by molar-refractivity contribution is 14.1. The molecule has 0 aliphatic heterocycles. The third kappa shape index (κ3) is 3.79. The van der Waals surface area contributed by atoms with E-state index < -0.39 is 0 Å². The van der Waals surface area contributed by atoms with Gasteiger partial charge in [-0.3, -0.25) is 0 Å². The Morgan fingerprint density at radius 3 is 2.24 bits per heavy atom. The van der Waals surface area contributed by atoms with Crippen molar-refractivity contribution in [2.24, 2.45) is 5.92 Å². The largest absolute Gasteiger partial charge is 0.383 e. The van der Waals surface area contributed by atoms with Crippen LogP contribution >= 0.6 is 22.6 Å². The zero-order valence-corrected chi connectivity index (χ0v) is 13.3. The topological polar surface area (TPSA) is 51.8 Å². The van der Waals surface area contributed by atoms with Crippen LogP contribution in [0.3, 0.4) is 0 Å². The summed E-state index contributed by atoms with van der Waals surface area (Å²) in [5, 5.41) is 0. The summed E-state index contributed by atoms with van der Waals surface area (Å²) < 4.78 is 1.02. The van der Waals surface area contributed by atoms with E-state index in [1.165, 1.54) is 0 Å². The first-order chi connectivity index (χ1) is 7.99. The molecule has 3 nitrogen and oxygen atoms in total. The Labute approximate surface area is 118 Å². The molecule has 1 rings (SSSR count). The normalized spacial score (nSPS) is 11.5. The molecule has 1 aromatic rings. The molecular formula is C13H22IN3. The second-order valence-electron chi connectivity index (χ2n) is 4.84. The number of aromatic nitrogens is 2. The van der Waals surface area contributed by atoms with E-state index in [2.05, 4.69) is 55.3 Å². The Bertz CT molecular complexity index is 373. The Morgan fingerprint density at radius 2 is 1.76 bits per heavy atom. The van der Waals surface area contributed by atoms with Gasteiger partial charge in [0.1, 0.15) is 11.6 Å². The van der Waals surface area contributed by atoms with E-state index in [4.69, 9.17) is 10.7 Å².